The molecular weight excluding hydrogens is 262 g/mol. The molecule has 1 rings (SSSR count). The summed E-state index contributed by atoms with van der Waals surface area (Å²) in [6.07, 6.45) is 4.73. The van der Waals surface area contributed by atoms with Gasteiger partial charge in [0.05, 0.1) is 11.9 Å². The monoisotopic (exact) mass is 285 g/mol. The molecule has 0 fully saturated rings. The first-order valence-corrected chi connectivity index (χ1v) is 7.46. The molecule has 4 nitrogen and oxygen atoms in total. The van der Waals surface area contributed by atoms with Gasteiger partial charge in [0.1, 0.15) is 0 Å². The van der Waals surface area contributed by atoms with Crippen LogP contribution < -0.4 is 10.5 Å². The Hall–Kier alpha value is -1.03. The first-order valence-electron chi connectivity index (χ1n) is 6.92. The zero-order valence-corrected chi connectivity index (χ0v) is 12.9. The van der Waals surface area contributed by atoms with E-state index in [-0.39, 0.29) is 5.56 Å². The standard InChI is InChI=1S/C14H24ClN3O/c1-4-8-17(3)13-10-14(19)18(16-11-13)9-6-12(2)5-7-15/h10-12H,4-9H2,1-3H3. The molecule has 0 aromatic carbocycles. The summed E-state index contributed by atoms with van der Waals surface area (Å²) >= 11 is 5.71. The Kier molecular flexibility index (Phi) is 6.92. The number of hydrogen-bond acceptors (Lipinski definition) is 3. The van der Waals surface area contributed by atoms with Crippen LogP contribution in [0.15, 0.2) is 17.1 Å². The quantitative estimate of drug-likeness (QED) is 0.689. The zero-order valence-electron chi connectivity index (χ0n) is 12.1. The van der Waals surface area contributed by atoms with Crippen molar-refractivity contribution in [1.82, 2.24) is 9.78 Å². The van der Waals surface area contributed by atoms with E-state index in [0.29, 0.717) is 18.3 Å². The Bertz CT molecular complexity index is 433. The first-order chi connectivity index (χ1) is 9.08. The smallest absolute Gasteiger partial charge is 0.268 e. The van der Waals surface area contributed by atoms with Crippen molar-refractivity contribution in [1.29, 1.82) is 0 Å². The van der Waals surface area contributed by atoms with E-state index in [9.17, 15) is 4.79 Å². The van der Waals surface area contributed by atoms with Crippen LogP contribution in [0.3, 0.4) is 0 Å². The van der Waals surface area contributed by atoms with Gasteiger partial charge in [-0.2, -0.15) is 5.10 Å². The average molecular weight is 286 g/mol. The van der Waals surface area contributed by atoms with Crippen LogP contribution in [0.2, 0.25) is 0 Å². The zero-order chi connectivity index (χ0) is 14.3. The van der Waals surface area contributed by atoms with Crippen molar-refractivity contribution >= 4 is 17.3 Å². The number of aryl methyl sites for hydroxylation is 1. The van der Waals surface area contributed by atoms with Crippen LogP contribution in [0.1, 0.15) is 33.1 Å². The fourth-order valence-electron chi connectivity index (χ4n) is 1.94. The van der Waals surface area contributed by atoms with Crippen molar-refractivity contribution in [2.45, 2.75) is 39.7 Å². The van der Waals surface area contributed by atoms with Crippen LogP contribution in [-0.2, 0) is 6.54 Å². The number of aromatic nitrogens is 2. The number of hydrogen-bond donors (Lipinski definition) is 0. The number of alkyl halides is 1. The van der Waals surface area contributed by atoms with E-state index in [1.54, 1.807) is 12.3 Å². The second-order valence-corrected chi connectivity index (χ2v) is 5.45. The lowest BCUT2D eigenvalue weighted by Gasteiger charge is -2.18. The van der Waals surface area contributed by atoms with Gasteiger partial charge in [-0.05, 0) is 25.2 Å². The molecule has 0 amide bonds. The Morgan fingerprint density at radius 3 is 2.79 bits per heavy atom. The number of halogens is 1. The van der Waals surface area contributed by atoms with Crippen molar-refractivity contribution in [3.8, 4) is 0 Å². The maximum atomic E-state index is 12.0. The molecule has 0 saturated carbocycles. The van der Waals surface area contributed by atoms with Crippen LogP contribution in [0.5, 0.6) is 0 Å². The average Bonchev–Trinajstić information content (AvgIpc) is 2.38. The third-order valence-electron chi connectivity index (χ3n) is 3.29. The van der Waals surface area contributed by atoms with Crippen molar-refractivity contribution in [2.24, 2.45) is 5.92 Å². The molecule has 1 unspecified atom stereocenters. The fourth-order valence-corrected chi connectivity index (χ4v) is 2.31. The van der Waals surface area contributed by atoms with E-state index in [1.807, 2.05) is 7.05 Å². The molecule has 0 saturated heterocycles. The highest BCUT2D eigenvalue weighted by Gasteiger charge is 2.06. The maximum Gasteiger partial charge on any atom is 0.268 e. The highest BCUT2D eigenvalue weighted by Crippen LogP contribution is 2.10. The summed E-state index contributed by atoms with van der Waals surface area (Å²) in [6.45, 7) is 5.85. The molecule has 0 aliphatic heterocycles. The van der Waals surface area contributed by atoms with Gasteiger partial charge >= 0.3 is 0 Å². The highest BCUT2D eigenvalue weighted by molar-refractivity contribution is 6.17. The molecule has 1 heterocycles. The van der Waals surface area contributed by atoms with E-state index in [2.05, 4.69) is 23.8 Å². The molecule has 0 aliphatic carbocycles. The predicted octanol–water partition coefficient (Wildman–Crippen LogP) is 2.74. The predicted molar refractivity (Wildman–Crippen MR) is 81.2 cm³/mol. The van der Waals surface area contributed by atoms with Crippen molar-refractivity contribution < 1.29 is 0 Å². The third-order valence-corrected chi connectivity index (χ3v) is 3.51. The normalized spacial score (nSPS) is 12.4. The van der Waals surface area contributed by atoms with Gasteiger partial charge in [-0.25, -0.2) is 4.68 Å². The SMILES string of the molecule is CCCN(C)c1cnn(CCC(C)CCCl)c(=O)c1. The van der Waals surface area contributed by atoms with E-state index >= 15 is 0 Å². The van der Waals surface area contributed by atoms with Crippen molar-refractivity contribution in [3.05, 3.63) is 22.6 Å². The summed E-state index contributed by atoms with van der Waals surface area (Å²) in [5.41, 5.74) is 0.857. The lowest BCUT2D eigenvalue weighted by atomic mass is 10.1. The van der Waals surface area contributed by atoms with Crippen LogP contribution >= 0.6 is 11.6 Å². The molecule has 1 aromatic heterocycles. The molecule has 5 heteroatoms. The number of nitrogens with zero attached hydrogens (tertiary/aromatic N) is 3. The minimum Gasteiger partial charge on any atom is -0.373 e. The van der Waals surface area contributed by atoms with Gasteiger partial charge in [0.2, 0.25) is 0 Å². The molecule has 0 aliphatic rings. The minimum atomic E-state index is -0.0291. The Morgan fingerprint density at radius 2 is 2.21 bits per heavy atom. The van der Waals surface area contributed by atoms with Gasteiger partial charge < -0.3 is 4.90 Å². The number of anilines is 1. The molecule has 0 spiro atoms. The number of rotatable bonds is 8. The topological polar surface area (TPSA) is 38.1 Å². The van der Waals surface area contributed by atoms with Gasteiger partial charge in [-0.15, -0.1) is 11.6 Å². The summed E-state index contributed by atoms with van der Waals surface area (Å²) in [4.78, 5) is 14.0. The maximum absolute atomic E-state index is 12.0. The molecule has 0 bridgehead atoms. The summed E-state index contributed by atoms with van der Waals surface area (Å²) in [5.74, 6) is 1.19. The summed E-state index contributed by atoms with van der Waals surface area (Å²) in [7, 11) is 1.98. The molecule has 1 atom stereocenters. The van der Waals surface area contributed by atoms with Crippen molar-refractivity contribution in [3.63, 3.8) is 0 Å². The van der Waals surface area contributed by atoms with Gasteiger partial charge in [0, 0.05) is 32.1 Å². The van der Waals surface area contributed by atoms with Crippen LogP contribution in [0.25, 0.3) is 0 Å². The second kappa shape index (κ2) is 8.20. The van der Waals surface area contributed by atoms with Gasteiger partial charge in [0.15, 0.2) is 0 Å². The molecule has 108 valence electrons. The van der Waals surface area contributed by atoms with Crippen molar-refractivity contribution in [2.75, 3.05) is 24.4 Å². The van der Waals surface area contributed by atoms with Crippen LogP contribution in [0, 0.1) is 5.92 Å². The minimum absolute atomic E-state index is 0.0291. The van der Waals surface area contributed by atoms with Gasteiger partial charge in [-0.1, -0.05) is 13.8 Å². The van der Waals surface area contributed by atoms with E-state index < -0.39 is 0 Å². The lowest BCUT2D eigenvalue weighted by molar-refractivity contribution is 0.439. The summed E-state index contributed by atoms with van der Waals surface area (Å²) < 4.78 is 1.54. The van der Waals surface area contributed by atoms with Gasteiger partial charge in [-0.3, -0.25) is 4.79 Å². The molecular formula is C14H24ClN3O. The highest BCUT2D eigenvalue weighted by atomic mass is 35.5. The Balaban J connectivity index is 2.64. The second-order valence-electron chi connectivity index (χ2n) is 5.07. The lowest BCUT2D eigenvalue weighted by Crippen LogP contribution is -2.26. The summed E-state index contributed by atoms with van der Waals surface area (Å²) in [6, 6.07) is 1.66. The van der Waals surface area contributed by atoms with Crippen LogP contribution in [0.4, 0.5) is 5.69 Å². The Labute approximate surface area is 120 Å². The van der Waals surface area contributed by atoms with E-state index in [0.717, 1.165) is 31.5 Å². The molecule has 0 radical (unpaired) electrons. The van der Waals surface area contributed by atoms with Gasteiger partial charge in [0.25, 0.3) is 5.56 Å². The molecule has 19 heavy (non-hydrogen) atoms. The molecule has 1 aromatic rings. The Morgan fingerprint density at radius 1 is 1.47 bits per heavy atom. The van der Waals surface area contributed by atoms with E-state index in [4.69, 9.17) is 11.6 Å². The fraction of sp³-hybridized carbons (Fsp3) is 0.714. The third kappa shape index (κ3) is 5.23. The largest absolute Gasteiger partial charge is 0.373 e. The van der Waals surface area contributed by atoms with E-state index in [1.165, 1.54) is 4.68 Å². The first kappa shape index (κ1) is 16.0. The molecule has 0 N–H and O–H groups in total. The summed E-state index contributed by atoms with van der Waals surface area (Å²) in [5, 5.41) is 4.24. The van der Waals surface area contributed by atoms with Crippen LogP contribution in [-0.4, -0.2) is 29.3 Å².